The van der Waals surface area contributed by atoms with Gasteiger partial charge in [0.15, 0.2) is 0 Å². The lowest BCUT2D eigenvalue weighted by atomic mass is 10.2. The van der Waals surface area contributed by atoms with Gasteiger partial charge < -0.3 is 14.8 Å². The Bertz CT molecular complexity index is 1120. The van der Waals surface area contributed by atoms with Crippen LogP contribution in [0.25, 0.3) is 5.65 Å². The van der Waals surface area contributed by atoms with Crippen LogP contribution in [-0.2, 0) is 16.6 Å². The summed E-state index contributed by atoms with van der Waals surface area (Å²) < 4.78 is 28.7. The monoisotopic (exact) mass is 414 g/mol. The number of aromatic nitrogens is 2. The number of carbonyl (C=O) groups excluding carboxylic acids is 1. The molecule has 3 heterocycles. The van der Waals surface area contributed by atoms with Crippen molar-refractivity contribution in [2.75, 3.05) is 13.2 Å². The van der Waals surface area contributed by atoms with Crippen molar-refractivity contribution in [1.29, 1.82) is 0 Å². The molecule has 0 saturated carbocycles. The van der Waals surface area contributed by atoms with Crippen LogP contribution in [0.5, 0.6) is 0 Å². The normalized spacial score (nSPS) is 17.6. The maximum atomic E-state index is 12.8. The Balaban J connectivity index is 1.42. The van der Waals surface area contributed by atoms with E-state index in [4.69, 9.17) is 0 Å². The van der Waals surface area contributed by atoms with E-state index in [2.05, 4.69) is 10.3 Å². The van der Waals surface area contributed by atoms with E-state index in [-0.39, 0.29) is 30.0 Å². The number of fused-ring (bicyclic) bond motifs is 1. The summed E-state index contributed by atoms with van der Waals surface area (Å²) >= 11 is 0. The van der Waals surface area contributed by atoms with E-state index in [9.17, 15) is 18.3 Å². The Morgan fingerprint density at radius 1 is 1.21 bits per heavy atom. The Morgan fingerprint density at radius 2 is 2.00 bits per heavy atom. The van der Waals surface area contributed by atoms with E-state index < -0.39 is 10.0 Å². The zero-order chi connectivity index (χ0) is 20.4. The van der Waals surface area contributed by atoms with Crippen molar-refractivity contribution in [3.8, 4) is 0 Å². The maximum Gasteiger partial charge on any atom is 0.253 e. The molecule has 1 aliphatic rings. The third-order valence-electron chi connectivity index (χ3n) is 5.17. The molecule has 29 heavy (non-hydrogen) atoms. The summed E-state index contributed by atoms with van der Waals surface area (Å²) in [5.41, 5.74) is 2.07. The molecule has 1 amide bonds. The van der Waals surface area contributed by atoms with E-state index in [1.54, 1.807) is 59.4 Å². The Morgan fingerprint density at radius 3 is 2.76 bits per heavy atom. The summed E-state index contributed by atoms with van der Waals surface area (Å²) in [7, 11) is -3.63. The minimum Gasteiger partial charge on any atom is -0.395 e. The van der Waals surface area contributed by atoms with Gasteiger partial charge in [-0.05, 0) is 42.7 Å². The zero-order valence-corrected chi connectivity index (χ0v) is 16.5. The zero-order valence-electron chi connectivity index (χ0n) is 15.7. The van der Waals surface area contributed by atoms with Crippen LogP contribution < -0.4 is 5.32 Å². The molecule has 9 heteroatoms. The van der Waals surface area contributed by atoms with Gasteiger partial charge in [0.1, 0.15) is 5.65 Å². The largest absolute Gasteiger partial charge is 0.395 e. The summed E-state index contributed by atoms with van der Waals surface area (Å²) in [5, 5.41) is 12.2. The highest BCUT2D eigenvalue weighted by Gasteiger charge is 2.34. The van der Waals surface area contributed by atoms with E-state index >= 15 is 0 Å². The van der Waals surface area contributed by atoms with E-state index in [1.165, 1.54) is 4.31 Å². The second-order valence-electron chi connectivity index (χ2n) is 7.03. The van der Waals surface area contributed by atoms with Crippen LogP contribution in [0.3, 0.4) is 0 Å². The van der Waals surface area contributed by atoms with Crippen LogP contribution >= 0.6 is 0 Å². The number of nitrogens with one attached hydrogen (secondary N) is 1. The molecule has 2 aromatic heterocycles. The number of sulfonamides is 1. The summed E-state index contributed by atoms with van der Waals surface area (Å²) in [6.45, 7) is 0.533. The maximum absolute atomic E-state index is 12.8. The minimum absolute atomic E-state index is 0.172. The second kappa shape index (κ2) is 7.94. The molecule has 4 rings (SSSR count). The van der Waals surface area contributed by atoms with Gasteiger partial charge in [0.05, 0.1) is 17.1 Å². The van der Waals surface area contributed by atoms with Crippen LogP contribution in [0.2, 0.25) is 0 Å². The number of pyridine rings is 1. The average molecular weight is 414 g/mol. The first-order valence-corrected chi connectivity index (χ1v) is 10.9. The summed E-state index contributed by atoms with van der Waals surface area (Å²) in [6, 6.07) is 9.59. The standard InChI is InChI=1S/C20H22N4O4S/c25-14-17-2-1-10-24(17)29(27,28)18-6-3-15(4-7-18)12-22-20(26)16-5-8-19-21-9-11-23(19)13-16/h3-9,11,13,17,25H,1-2,10,12,14H2,(H,22,26)/t17-/m0/s1. The lowest BCUT2D eigenvalue weighted by Crippen LogP contribution is -2.37. The van der Waals surface area contributed by atoms with E-state index in [1.807, 2.05) is 0 Å². The van der Waals surface area contributed by atoms with Crippen LogP contribution in [0, 0.1) is 0 Å². The molecular formula is C20H22N4O4S. The van der Waals surface area contributed by atoms with Gasteiger partial charge in [-0.15, -0.1) is 0 Å². The molecule has 152 valence electrons. The van der Waals surface area contributed by atoms with Crippen molar-refractivity contribution in [3.63, 3.8) is 0 Å². The molecule has 1 fully saturated rings. The number of rotatable bonds is 6. The van der Waals surface area contributed by atoms with Crippen molar-refractivity contribution >= 4 is 21.6 Å². The van der Waals surface area contributed by atoms with Gasteiger partial charge in [-0.2, -0.15) is 4.31 Å². The molecule has 1 saturated heterocycles. The number of hydrogen-bond acceptors (Lipinski definition) is 5. The lowest BCUT2D eigenvalue weighted by Gasteiger charge is -2.22. The fourth-order valence-electron chi connectivity index (χ4n) is 3.56. The molecule has 1 aromatic carbocycles. The first-order valence-electron chi connectivity index (χ1n) is 9.41. The third-order valence-corrected chi connectivity index (χ3v) is 7.13. The second-order valence-corrected chi connectivity index (χ2v) is 8.92. The van der Waals surface area contributed by atoms with Gasteiger partial charge in [-0.1, -0.05) is 12.1 Å². The highest BCUT2D eigenvalue weighted by molar-refractivity contribution is 7.89. The third kappa shape index (κ3) is 3.89. The number of nitrogens with zero attached hydrogens (tertiary/aromatic N) is 3. The van der Waals surface area contributed by atoms with Gasteiger partial charge in [0, 0.05) is 37.7 Å². The van der Waals surface area contributed by atoms with Crippen molar-refractivity contribution < 1.29 is 18.3 Å². The first kappa shape index (κ1) is 19.6. The van der Waals surface area contributed by atoms with E-state index in [0.29, 0.717) is 18.5 Å². The van der Waals surface area contributed by atoms with Gasteiger partial charge in [-0.25, -0.2) is 13.4 Å². The highest BCUT2D eigenvalue weighted by Crippen LogP contribution is 2.26. The Kier molecular flexibility index (Phi) is 5.35. The summed E-state index contributed by atoms with van der Waals surface area (Å²) in [4.78, 5) is 16.7. The highest BCUT2D eigenvalue weighted by atomic mass is 32.2. The van der Waals surface area contributed by atoms with Crippen LogP contribution in [0.15, 0.2) is 59.9 Å². The quantitative estimate of drug-likeness (QED) is 0.635. The van der Waals surface area contributed by atoms with Gasteiger partial charge >= 0.3 is 0 Å². The fraction of sp³-hybridized carbons (Fsp3) is 0.300. The molecule has 0 spiro atoms. The van der Waals surface area contributed by atoms with Crippen molar-refractivity contribution in [2.24, 2.45) is 0 Å². The molecule has 1 atom stereocenters. The number of benzene rings is 1. The average Bonchev–Trinajstić information content (AvgIpc) is 3.41. The van der Waals surface area contributed by atoms with Gasteiger partial charge in [-0.3, -0.25) is 4.79 Å². The molecule has 2 N–H and O–H groups in total. The number of imidazole rings is 1. The topological polar surface area (TPSA) is 104 Å². The molecular weight excluding hydrogens is 392 g/mol. The fourth-order valence-corrected chi connectivity index (χ4v) is 5.25. The SMILES string of the molecule is O=C(NCc1ccc(S(=O)(=O)N2CCC[C@H]2CO)cc1)c1ccc2nccn2c1. The van der Waals surface area contributed by atoms with Crippen molar-refractivity contribution in [3.05, 3.63) is 66.1 Å². The van der Waals surface area contributed by atoms with Crippen LogP contribution in [-0.4, -0.2) is 52.3 Å². The van der Waals surface area contributed by atoms with Crippen molar-refractivity contribution in [2.45, 2.75) is 30.3 Å². The number of amides is 1. The summed E-state index contributed by atoms with van der Waals surface area (Å²) in [6.07, 6.45) is 6.57. The molecule has 1 aliphatic heterocycles. The Labute approximate surface area is 168 Å². The number of aliphatic hydroxyl groups excluding tert-OH is 1. The molecule has 0 unspecified atom stereocenters. The molecule has 0 radical (unpaired) electrons. The number of hydrogen-bond donors (Lipinski definition) is 2. The summed E-state index contributed by atoms with van der Waals surface area (Å²) in [5.74, 6) is -0.222. The Hall–Kier alpha value is -2.75. The molecule has 0 bridgehead atoms. The predicted molar refractivity (Wildman–Crippen MR) is 107 cm³/mol. The van der Waals surface area contributed by atoms with E-state index in [0.717, 1.165) is 17.6 Å². The van der Waals surface area contributed by atoms with Gasteiger partial charge in [0.25, 0.3) is 5.91 Å². The number of aliphatic hydroxyl groups is 1. The number of carbonyl (C=O) groups is 1. The van der Waals surface area contributed by atoms with Gasteiger partial charge in [0.2, 0.25) is 10.0 Å². The molecule has 3 aromatic rings. The smallest absolute Gasteiger partial charge is 0.253 e. The van der Waals surface area contributed by atoms with Crippen molar-refractivity contribution in [1.82, 2.24) is 19.0 Å². The van der Waals surface area contributed by atoms with Crippen LogP contribution in [0.4, 0.5) is 0 Å². The van der Waals surface area contributed by atoms with Crippen LogP contribution in [0.1, 0.15) is 28.8 Å². The predicted octanol–water partition coefficient (Wildman–Crippen LogP) is 1.41. The molecule has 8 nitrogen and oxygen atoms in total. The minimum atomic E-state index is -3.63. The first-order chi connectivity index (χ1) is 14.0. The molecule has 0 aliphatic carbocycles. The lowest BCUT2D eigenvalue weighted by molar-refractivity contribution is 0.0950.